The molecule has 4 nitrogen and oxygen atoms in total. The normalized spacial score (nSPS) is 11.4. The summed E-state index contributed by atoms with van der Waals surface area (Å²) < 4.78 is 37.9. The molecule has 0 bridgehead atoms. The van der Waals surface area contributed by atoms with E-state index in [2.05, 4.69) is 15.1 Å². The maximum absolute atomic E-state index is 11.5. The number of hydrogen-bond acceptors (Lipinski definition) is 4. The summed E-state index contributed by atoms with van der Waals surface area (Å²) >= 11 is 0. The van der Waals surface area contributed by atoms with Crippen molar-refractivity contribution in [2.75, 3.05) is 18.0 Å². The number of halogens is 3. The lowest BCUT2D eigenvalue weighted by atomic mass is 10.3. The molecule has 1 rings (SSSR count). The zero-order valence-electron chi connectivity index (χ0n) is 7.54. The second kappa shape index (κ2) is 4.85. The highest BCUT2D eigenvalue weighted by molar-refractivity contribution is 5.64. The van der Waals surface area contributed by atoms with E-state index in [1.165, 1.54) is 0 Å². The van der Waals surface area contributed by atoms with Crippen molar-refractivity contribution >= 4 is 11.4 Å². The highest BCUT2D eigenvalue weighted by Crippen LogP contribution is 2.18. The Bertz CT molecular complexity index is 317. The van der Waals surface area contributed by atoms with Crippen LogP contribution in [0.5, 0.6) is 0 Å². The lowest BCUT2D eigenvalue weighted by Crippen LogP contribution is -2.17. The zero-order valence-corrected chi connectivity index (χ0v) is 7.54. The number of ether oxygens (including phenoxy) is 1. The molecule has 0 unspecified atom stereocenters. The van der Waals surface area contributed by atoms with Gasteiger partial charge in [0.15, 0.2) is 6.79 Å². The Balaban J connectivity index is 2.30. The van der Waals surface area contributed by atoms with Crippen molar-refractivity contribution in [1.29, 1.82) is 0 Å². The number of para-hydroxylation sites is 2. The fraction of sp³-hybridized carbons (Fsp3) is 0.250. The summed E-state index contributed by atoms with van der Waals surface area (Å²) in [5, 5.41) is 0. The number of nitrogen functional groups attached to an aromatic ring is 1. The molecule has 1 aromatic carbocycles. The van der Waals surface area contributed by atoms with E-state index in [9.17, 15) is 13.2 Å². The highest BCUT2D eigenvalue weighted by atomic mass is 19.4. The lowest BCUT2D eigenvalue weighted by molar-refractivity contribution is -0.347. The van der Waals surface area contributed by atoms with E-state index in [4.69, 9.17) is 5.73 Å². The molecule has 0 aliphatic rings. The van der Waals surface area contributed by atoms with E-state index < -0.39 is 13.2 Å². The maximum atomic E-state index is 11.5. The Morgan fingerprint density at radius 3 is 2.53 bits per heavy atom. The summed E-state index contributed by atoms with van der Waals surface area (Å²) in [6.45, 7) is -0.947. The average molecular weight is 222 g/mol. The van der Waals surface area contributed by atoms with Crippen molar-refractivity contribution in [3.05, 3.63) is 24.3 Å². The van der Waals surface area contributed by atoms with Crippen molar-refractivity contribution in [3.63, 3.8) is 0 Å². The van der Waals surface area contributed by atoms with Gasteiger partial charge in [-0.2, -0.15) is 0 Å². The van der Waals surface area contributed by atoms with Crippen LogP contribution < -0.4 is 11.2 Å². The number of rotatable bonds is 4. The minimum atomic E-state index is -4.70. The van der Waals surface area contributed by atoms with Crippen molar-refractivity contribution in [3.8, 4) is 0 Å². The molecule has 0 atom stereocenters. The molecule has 0 fully saturated rings. The van der Waals surface area contributed by atoms with Crippen molar-refractivity contribution in [2.45, 2.75) is 6.36 Å². The summed E-state index contributed by atoms with van der Waals surface area (Å²) in [6, 6.07) is 6.48. The molecule has 7 heteroatoms. The van der Waals surface area contributed by atoms with Crippen LogP contribution in [0.25, 0.3) is 0 Å². The van der Waals surface area contributed by atoms with Crippen LogP contribution in [0.15, 0.2) is 24.3 Å². The Labute approximate surface area is 83.7 Å². The van der Waals surface area contributed by atoms with Crippen LogP contribution in [0.2, 0.25) is 0 Å². The third-order valence-electron chi connectivity index (χ3n) is 1.42. The zero-order chi connectivity index (χ0) is 11.3. The van der Waals surface area contributed by atoms with E-state index in [0.717, 1.165) is 0 Å². The topological polar surface area (TPSA) is 56.5 Å². The smallest absolute Gasteiger partial charge is 0.397 e. The second-order valence-corrected chi connectivity index (χ2v) is 2.54. The van der Waals surface area contributed by atoms with Crippen LogP contribution >= 0.6 is 0 Å². The molecule has 0 saturated heterocycles. The minimum absolute atomic E-state index is 0.365. The molecule has 1 aromatic rings. The molecule has 0 radical (unpaired) electrons. The largest absolute Gasteiger partial charge is 0.524 e. The first-order chi connectivity index (χ1) is 6.99. The highest BCUT2D eigenvalue weighted by Gasteiger charge is 2.29. The van der Waals surface area contributed by atoms with Crippen LogP contribution in [0.3, 0.4) is 0 Å². The van der Waals surface area contributed by atoms with Gasteiger partial charge in [0.2, 0.25) is 0 Å². The number of benzene rings is 1. The van der Waals surface area contributed by atoms with E-state index in [1.54, 1.807) is 24.3 Å². The first-order valence-electron chi connectivity index (χ1n) is 3.92. The molecule has 84 valence electrons. The van der Waals surface area contributed by atoms with Gasteiger partial charge in [-0.1, -0.05) is 12.1 Å². The number of alkyl halides is 3. The van der Waals surface area contributed by atoms with Gasteiger partial charge in [0.25, 0.3) is 0 Å². The summed E-state index contributed by atoms with van der Waals surface area (Å²) in [5.74, 6) is 0. The lowest BCUT2D eigenvalue weighted by Gasteiger charge is -2.10. The van der Waals surface area contributed by atoms with E-state index in [1.807, 2.05) is 0 Å². The molecule has 3 N–H and O–H groups in total. The van der Waals surface area contributed by atoms with Gasteiger partial charge in [-0.25, -0.2) is 4.84 Å². The summed E-state index contributed by atoms with van der Waals surface area (Å²) in [6.07, 6.45) is -4.70. The van der Waals surface area contributed by atoms with Gasteiger partial charge >= 0.3 is 6.36 Å². The molecular weight excluding hydrogens is 213 g/mol. The predicted octanol–water partition coefficient (Wildman–Crippen LogP) is 2.11. The standard InChI is InChI=1S/C8H9F3N2O2/c9-8(10,11)14-5-15-13-7-4-2-1-3-6(7)12/h1-4,13H,5,12H2. The third kappa shape index (κ3) is 4.52. The monoisotopic (exact) mass is 222 g/mol. The van der Waals surface area contributed by atoms with Crippen LogP contribution in [0.4, 0.5) is 24.5 Å². The van der Waals surface area contributed by atoms with Crippen molar-refractivity contribution in [2.24, 2.45) is 0 Å². The number of nitrogens with one attached hydrogen (secondary N) is 1. The van der Waals surface area contributed by atoms with Crippen LogP contribution in [-0.4, -0.2) is 13.2 Å². The molecule has 0 aliphatic carbocycles. The van der Waals surface area contributed by atoms with Gasteiger partial charge in [-0.3, -0.25) is 10.2 Å². The third-order valence-corrected chi connectivity index (χ3v) is 1.42. The fourth-order valence-corrected chi connectivity index (χ4v) is 0.793. The molecule has 0 heterocycles. The first kappa shape index (κ1) is 11.6. The van der Waals surface area contributed by atoms with E-state index in [-0.39, 0.29) is 0 Å². The molecule has 0 spiro atoms. The van der Waals surface area contributed by atoms with Crippen molar-refractivity contribution in [1.82, 2.24) is 0 Å². The maximum Gasteiger partial charge on any atom is 0.524 e. The van der Waals surface area contributed by atoms with E-state index in [0.29, 0.717) is 11.4 Å². The van der Waals surface area contributed by atoms with Crippen LogP contribution in [0, 0.1) is 0 Å². The van der Waals surface area contributed by atoms with Gasteiger partial charge < -0.3 is 5.73 Å². The number of hydrogen-bond donors (Lipinski definition) is 2. The Morgan fingerprint density at radius 2 is 1.93 bits per heavy atom. The molecule has 0 aromatic heterocycles. The molecule has 15 heavy (non-hydrogen) atoms. The fourth-order valence-electron chi connectivity index (χ4n) is 0.793. The van der Waals surface area contributed by atoms with Gasteiger partial charge in [-0.05, 0) is 12.1 Å². The summed E-state index contributed by atoms with van der Waals surface area (Å²) in [5.41, 5.74) is 8.46. The van der Waals surface area contributed by atoms with Crippen LogP contribution in [-0.2, 0) is 9.57 Å². The van der Waals surface area contributed by atoms with Crippen LogP contribution in [0.1, 0.15) is 0 Å². The van der Waals surface area contributed by atoms with Gasteiger partial charge in [-0.15, -0.1) is 13.2 Å². The predicted molar refractivity (Wildman–Crippen MR) is 47.6 cm³/mol. The van der Waals surface area contributed by atoms with Gasteiger partial charge in [0.05, 0.1) is 11.4 Å². The first-order valence-corrected chi connectivity index (χ1v) is 3.92. The quantitative estimate of drug-likeness (QED) is 0.354. The SMILES string of the molecule is Nc1ccccc1NOCOC(F)(F)F. The van der Waals surface area contributed by atoms with Crippen molar-refractivity contribution < 1.29 is 22.7 Å². The van der Waals surface area contributed by atoms with Gasteiger partial charge in [0, 0.05) is 0 Å². The number of nitrogens with two attached hydrogens (primary N) is 1. The number of anilines is 2. The Morgan fingerprint density at radius 1 is 1.27 bits per heavy atom. The van der Waals surface area contributed by atoms with Gasteiger partial charge in [0.1, 0.15) is 0 Å². The molecule has 0 aliphatic heterocycles. The molecular formula is C8H9F3N2O2. The summed E-state index contributed by atoms with van der Waals surface area (Å²) in [7, 11) is 0. The van der Waals surface area contributed by atoms with E-state index >= 15 is 0 Å². The Kier molecular flexibility index (Phi) is 3.75. The molecule has 0 amide bonds. The average Bonchev–Trinajstić information content (AvgIpc) is 2.13. The summed E-state index contributed by atoms with van der Waals surface area (Å²) in [4.78, 5) is 4.40. The molecule has 0 saturated carbocycles. The second-order valence-electron chi connectivity index (χ2n) is 2.54. The minimum Gasteiger partial charge on any atom is -0.397 e. The Hall–Kier alpha value is -1.47.